The van der Waals surface area contributed by atoms with Gasteiger partial charge in [-0.15, -0.1) is 5.10 Å². The van der Waals surface area contributed by atoms with E-state index in [1.54, 1.807) is 6.07 Å². The average Bonchev–Trinajstić information content (AvgIpc) is 2.77. The number of aromatic amines is 2. The molecule has 8 nitrogen and oxygen atoms in total. The van der Waals surface area contributed by atoms with Crippen molar-refractivity contribution in [1.82, 2.24) is 20.2 Å². The summed E-state index contributed by atoms with van der Waals surface area (Å²) in [5, 5.41) is 8.48. The fourth-order valence-corrected chi connectivity index (χ4v) is 1.17. The highest BCUT2D eigenvalue weighted by atomic mass is 16.5. The molecule has 0 saturated carbocycles. The van der Waals surface area contributed by atoms with Crippen molar-refractivity contribution in [1.29, 1.82) is 0 Å². The maximum absolute atomic E-state index is 11.7. The smallest absolute Gasteiger partial charge is 0.336 e. The molecule has 0 saturated heterocycles. The molecule has 0 aliphatic heterocycles. The van der Waals surface area contributed by atoms with Crippen molar-refractivity contribution in [3.63, 3.8) is 0 Å². The number of aromatic nitrogens is 4. The minimum absolute atomic E-state index is 0.0112. The number of carbonyl (C=O) groups is 1. The van der Waals surface area contributed by atoms with Gasteiger partial charge in [-0.25, -0.2) is 5.10 Å². The van der Waals surface area contributed by atoms with Crippen molar-refractivity contribution in [2.45, 2.75) is 0 Å². The first-order valence-corrected chi connectivity index (χ1v) is 4.66. The van der Waals surface area contributed by atoms with Gasteiger partial charge in [-0.3, -0.25) is 14.9 Å². The highest BCUT2D eigenvalue weighted by molar-refractivity contribution is 6.02. The third kappa shape index (κ3) is 2.30. The first-order valence-electron chi connectivity index (χ1n) is 4.66. The molecule has 88 valence electrons. The lowest BCUT2D eigenvalue weighted by Gasteiger charge is -1.99. The van der Waals surface area contributed by atoms with Crippen LogP contribution in [0, 0.1) is 0 Å². The lowest BCUT2D eigenvalue weighted by molar-refractivity contribution is 0.102. The number of ether oxygens (including phenoxy) is 1. The predicted octanol–water partition coefficient (Wildman–Crippen LogP) is -0.246. The fraction of sp³-hybridized carbons (Fsp3) is 0.111. The molecular weight excluding hydrogens is 226 g/mol. The van der Waals surface area contributed by atoms with Crippen LogP contribution in [0.3, 0.4) is 0 Å². The van der Waals surface area contributed by atoms with E-state index >= 15 is 0 Å². The molecular formula is C9H9N5O3. The van der Waals surface area contributed by atoms with E-state index in [4.69, 9.17) is 4.74 Å². The molecule has 2 aromatic rings. The molecule has 0 fully saturated rings. The molecule has 8 heteroatoms. The molecule has 0 aliphatic rings. The van der Waals surface area contributed by atoms with Gasteiger partial charge in [-0.05, 0) is 12.1 Å². The number of carbonyl (C=O) groups excluding carboxylic acids is 1. The molecule has 0 aliphatic carbocycles. The van der Waals surface area contributed by atoms with Gasteiger partial charge in [0.2, 0.25) is 5.95 Å². The maximum Gasteiger partial charge on any atom is 0.336 e. The second-order valence-electron chi connectivity index (χ2n) is 3.04. The Labute approximate surface area is 95.0 Å². The summed E-state index contributed by atoms with van der Waals surface area (Å²) in [6.45, 7) is 0. The summed E-state index contributed by atoms with van der Waals surface area (Å²) in [6, 6.07) is 3.06. The zero-order valence-corrected chi connectivity index (χ0v) is 8.85. The highest BCUT2D eigenvalue weighted by Gasteiger charge is 2.12. The summed E-state index contributed by atoms with van der Waals surface area (Å²) in [7, 11) is 1.40. The molecule has 2 aromatic heterocycles. The largest absolute Gasteiger partial charge is 0.466 e. The van der Waals surface area contributed by atoms with Crippen LogP contribution in [0.4, 0.5) is 5.95 Å². The van der Waals surface area contributed by atoms with Crippen molar-refractivity contribution in [2.24, 2.45) is 0 Å². The zero-order valence-electron chi connectivity index (χ0n) is 8.85. The molecule has 0 bridgehead atoms. The van der Waals surface area contributed by atoms with E-state index in [1.165, 1.54) is 19.4 Å². The Morgan fingerprint density at radius 1 is 1.53 bits per heavy atom. The van der Waals surface area contributed by atoms with Gasteiger partial charge in [-0.2, -0.15) is 4.98 Å². The molecule has 3 N–H and O–H groups in total. The number of hydrogen-bond acceptors (Lipinski definition) is 5. The molecule has 0 radical (unpaired) electrons. The summed E-state index contributed by atoms with van der Waals surface area (Å²) in [5.41, 5.74) is -0.487. The number of hydrogen-bond donors (Lipinski definition) is 3. The van der Waals surface area contributed by atoms with Crippen LogP contribution in [0.2, 0.25) is 0 Å². The van der Waals surface area contributed by atoms with Crippen LogP contribution in [0.1, 0.15) is 10.4 Å². The average molecular weight is 235 g/mol. The Morgan fingerprint density at radius 3 is 3.00 bits per heavy atom. The minimum atomic E-state index is -0.578. The van der Waals surface area contributed by atoms with Crippen LogP contribution >= 0.6 is 0 Å². The van der Waals surface area contributed by atoms with Crippen LogP contribution in [-0.4, -0.2) is 33.2 Å². The SMILES string of the molecule is COc1n[nH]c(NC(=O)c2ccc[nH]c2=O)n1. The summed E-state index contributed by atoms with van der Waals surface area (Å²) in [6.07, 6.45) is 1.44. The normalized spacial score (nSPS) is 9.94. The monoisotopic (exact) mass is 235 g/mol. The first-order chi connectivity index (χ1) is 8.20. The lowest BCUT2D eigenvalue weighted by Crippen LogP contribution is -2.22. The lowest BCUT2D eigenvalue weighted by atomic mass is 10.2. The number of anilines is 1. The van der Waals surface area contributed by atoms with E-state index in [0.717, 1.165) is 0 Å². The number of nitrogens with zero attached hydrogens (tertiary/aromatic N) is 2. The van der Waals surface area contributed by atoms with Gasteiger partial charge in [0.15, 0.2) is 0 Å². The van der Waals surface area contributed by atoms with Gasteiger partial charge < -0.3 is 9.72 Å². The van der Waals surface area contributed by atoms with E-state index in [-0.39, 0.29) is 17.5 Å². The van der Waals surface area contributed by atoms with Crippen LogP contribution in [0.5, 0.6) is 6.01 Å². The third-order valence-corrected chi connectivity index (χ3v) is 1.94. The third-order valence-electron chi connectivity index (χ3n) is 1.94. The molecule has 17 heavy (non-hydrogen) atoms. The minimum Gasteiger partial charge on any atom is -0.466 e. The molecule has 0 atom stereocenters. The zero-order chi connectivity index (χ0) is 12.3. The van der Waals surface area contributed by atoms with Crippen molar-refractivity contribution in [2.75, 3.05) is 12.4 Å². The fourth-order valence-electron chi connectivity index (χ4n) is 1.17. The van der Waals surface area contributed by atoms with Gasteiger partial charge in [0.1, 0.15) is 5.56 Å². The van der Waals surface area contributed by atoms with Gasteiger partial charge >= 0.3 is 6.01 Å². The molecule has 0 aromatic carbocycles. The standard InChI is InChI=1S/C9H9N5O3/c1-17-9-12-8(13-14-9)11-7(16)5-3-2-4-10-6(5)15/h2-4H,1H3,(H,10,15)(H2,11,12,13,14,16). The summed E-state index contributed by atoms with van der Waals surface area (Å²) < 4.78 is 4.73. The van der Waals surface area contributed by atoms with Gasteiger partial charge in [0.05, 0.1) is 7.11 Å². The van der Waals surface area contributed by atoms with Crippen LogP contribution in [0.25, 0.3) is 0 Å². The van der Waals surface area contributed by atoms with Gasteiger partial charge in [-0.1, -0.05) is 0 Å². The van der Waals surface area contributed by atoms with E-state index in [0.29, 0.717) is 0 Å². The number of nitrogens with one attached hydrogen (secondary N) is 3. The number of amides is 1. The molecule has 2 rings (SSSR count). The Morgan fingerprint density at radius 2 is 2.35 bits per heavy atom. The van der Waals surface area contributed by atoms with Crippen molar-refractivity contribution in [3.05, 3.63) is 34.2 Å². The van der Waals surface area contributed by atoms with E-state index in [9.17, 15) is 9.59 Å². The maximum atomic E-state index is 11.7. The van der Waals surface area contributed by atoms with Crippen LogP contribution in [0.15, 0.2) is 23.1 Å². The van der Waals surface area contributed by atoms with E-state index in [1.807, 2.05) is 0 Å². The summed E-state index contributed by atoms with van der Waals surface area (Å²) in [5.74, 6) is -0.472. The molecule has 2 heterocycles. The second-order valence-corrected chi connectivity index (χ2v) is 3.04. The van der Waals surface area contributed by atoms with Gasteiger partial charge in [0, 0.05) is 6.20 Å². The quantitative estimate of drug-likeness (QED) is 0.679. The number of H-pyrrole nitrogens is 2. The highest BCUT2D eigenvalue weighted by Crippen LogP contribution is 2.05. The topological polar surface area (TPSA) is 113 Å². The van der Waals surface area contributed by atoms with Crippen molar-refractivity contribution < 1.29 is 9.53 Å². The molecule has 0 spiro atoms. The number of methoxy groups -OCH3 is 1. The summed E-state index contributed by atoms with van der Waals surface area (Å²) in [4.78, 5) is 29.2. The van der Waals surface area contributed by atoms with Crippen molar-refractivity contribution >= 4 is 11.9 Å². The molecule has 0 unspecified atom stereocenters. The molecule has 1 amide bonds. The Bertz CT molecular complexity index is 588. The van der Waals surface area contributed by atoms with Crippen molar-refractivity contribution in [3.8, 4) is 6.01 Å². The number of rotatable bonds is 3. The summed E-state index contributed by atoms with van der Waals surface area (Å²) >= 11 is 0. The van der Waals surface area contributed by atoms with Crippen LogP contribution < -0.4 is 15.6 Å². The number of pyridine rings is 1. The van der Waals surface area contributed by atoms with E-state index < -0.39 is 11.5 Å². The van der Waals surface area contributed by atoms with Crippen LogP contribution in [-0.2, 0) is 0 Å². The Balaban J connectivity index is 2.17. The predicted molar refractivity (Wildman–Crippen MR) is 58.0 cm³/mol. The first kappa shape index (κ1) is 10.9. The second kappa shape index (κ2) is 4.47. The van der Waals surface area contributed by atoms with E-state index in [2.05, 4.69) is 25.5 Å². The Hall–Kier alpha value is -2.64. The van der Waals surface area contributed by atoms with Gasteiger partial charge in [0.25, 0.3) is 11.5 Å². The Kier molecular flexibility index (Phi) is 2.86.